The molecule has 2 nitrogen and oxygen atoms in total. The number of halogens is 1. The Kier molecular flexibility index (Phi) is 3.44. The Bertz CT molecular complexity index is 300. The Morgan fingerprint density at radius 1 is 1.57 bits per heavy atom. The summed E-state index contributed by atoms with van der Waals surface area (Å²) in [5.74, 6) is 0. The molecule has 1 aromatic rings. The molecule has 1 heterocycles. The predicted molar refractivity (Wildman–Crippen MR) is 61.8 cm³/mol. The van der Waals surface area contributed by atoms with E-state index >= 15 is 0 Å². The first-order valence-electron chi connectivity index (χ1n) is 4.96. The summed E-state index contributed by atoms with van der Waals surface area (Å²) >= 11 is 7.60. The van der Waals surface area contributed by atoms with Gasteiger partial charge in [0.2, 0.25) is 0 Å². The van der Waals surface area contributed by atoms with Gasteiger partial charge in [-0.2, -0.15) is 0 Å². The molecule has 0 amide bonds. The third-order valence-electron chi connectivity index (χ3n) is 2.75. The first kappa shape index (κ1) is 10.4. The minimum absolute atomic E-state index is 0.394. The smallest absolute Gasteiger partial charge is 0.0973 e. The fraction of sp³-hybridized carbons (Fsp3) is 0.600. The van der Waals surface area contributed by atoms with Gasteiger partial charge in [-0.25, -0.2) is 0 Å². The molecule has 3 N–H and O–H groups in total. The molecule has 2 rings (SSSR count). The topological polar surface area (TPSA) is 38.0 Å². The Morgan fingerprint density at radius 3 is 3.00 bits per heavy atom. The molecule has 1 aliphatic carbocycles. The fourth-order valence-corrected chi connectivity index (χ4v) is 2.83. The highest BCUT2D eigenvalue weighted by atomic mass is 35.5. The van der Waals surface area contributed by atoms with Gasteiger partial charge in [0.25, 0.3) is 0 Å². The average Bonchev–Trinajstić information content (AvgIpc) is 2.72. The van der Waals surface area contributed by atoms with E-state index in [1.54, 1.807) is 11.3 Å². The van der Waals surface area contributed by atoms with Crippen molar-refractivity contribution in [3.8, 4) is 0 Å². The predicted octanol–water partition coefficient (Wildman–Crippen LogP) is 2.37. The molecule has 2 unspecified atom stereocenters. The lowest BCUT2D eigenvalue weighted by Crippen LogP contribution is -2.27. The van der Waals surface area contributed by atoms with E-state index in [1.807, 2.05) is 5.38 Å². The van der Waals surface area contributed by atoms with Gasteiger partial charge in [-0.3, -0.25) is 0 Å². The van der Waals surface area contributed by atoms with Crippen LogP contribution in [0.3, 0.4) is 0 Å². The zero-order valence-electron chi connectivity index (χ0n) is 8.00. The summed E-state index contributed by atoms with van der Waals surface area (Å²) in [5, 5.41) is 5.52. The first-order chi connectivity index (χ1) is 6.75. The Morgan fingerprint density at radius 2 is 2.43 bits per heavy atom. The summed E-state index contributed by atoms with van der Waals surface area (Å²) in [6.45, 7) is 0.875. The van der Waals surface area contributed by atoms with Crippen LogP contribution in [0.4, 0.5) is 0 Å². The zero-order valence-corrected chi connectivity index (χ0v) is 9.57. The maximum atomic E-state index is 6.01. The van der Waals surface area contributed by atoms with Crippen LogP contribution < -0.4 is 11.1 Å². The number of rotatable bonds is 3. The van der Waals surface area contributed by atoms with E-state index in [9.17, 15) is 0 Å². The molecule has 1 fully saturated rings. The summed E-state index contributed by atoms with van der Waals surface area (Å²) in [7, 11) is 0. The number of nitrogens with one attached hydrogen (secondary N) is 1. The second-order valence-electron chi connectivity index (χ2n) is 3.87. The van der Waals surface area contributed by atoms with Crippen LogP contribution in [0, 0.1) is 0 Å². The van der Waals surface area contributed by atoms with Crippen LogP contribution in [0.5, 0.6) is 0 Å². The van der Waals surface area contributed by atoms with Crippen molar-refractivity contribution in [2.24, 2.45) is 5.73 Å². The Labute approximate surface area is 93.4 Å². The lowest BCUT2D eigenvalue weighted by atomic mass is 10.2. The van der Waals surface area contributed by atoms with Gasteiger partial charge in [0.1, 0.15) is 0 Å². The normalized spacial score (nSPS) is 27.0. The Hall–Kier alpha value is -0.0900. The molecule has 2 atom stereocenters. The summed E-state index contributed by atoms with van der Waals surface area (Å²) in [4.78, 5) is 0. The van der Waals surface area contributed by atoms with Crippen molar-refractivity contribution in [3.63, 3.8) is 0 Å². The van der Waals surface area contributed by atoms with Crippen LogP contribution in [0.2, 0.25) is 4.34 Å². The molecule has 0 spiro atoms. The summed E-state index contributed by atoms with van der Waals surface area (Å²) < 4.78 is 0.903. The average molecular weight is 231 g/mol. The van der Waals surface area contributed by atoms with E-state index < -0.39 is 0 Å². The second kappa shape index (κ2) is 4.62. The lowest BCUT2D eigenvalue weighted by molar-refractivity contribution is 0.517. The fourth-order valence-electron chi connectivity index (χ4n) is 1.90. The van der Waals surface area contributed by atoms with Crippen molar-refractivity contribution in [1.29, 1.82) is 0 Å². The van der Waals surface area contributed by atoms with Gasteiger partial charge in [-0.1, -0.05) is 11.6 Å². The minimum Gasteiger partial charge on any atom is -0.328 e. The van der Waals surface area contributed by atoms with Gasteiger partial charge in [-0.15, -0.1) is 11.3 Å². The van der Waals surface area contributed by atoms with Crippen LogP contribution >= 0.6 is 22.9 Å². The summed E-state index contributed by atoms with van der Waals surface area (Å²) in [5.41, 5.74) is 7.05. The highest BCUT2D eigenvalue weighted by Crippen LogP contribution is 2.23. The van der Waals surface area contributed by atoms with Gasteiger partial charge < -0.3 is 11.1 Å². The molecule has 4 heteroatoms. The van der Waals surface area contributed by atoms with Crippen molar-refractivity contribution in [3.05, 3.63) is 21.3 Å². The van der Waals surface area contributed by atoms with Crippen molar-refractivity contribution in [1.82, 2.24) is 5.32 Å². The van der Waals surface area contributed by atoms with Crippen molar-refractivity contribution in [2.45, 2.75) is 37.9 Å². The molecule has 0 radical (unpaired) electrons. The molecular formula is C10H15ClN2S. The van der Waals surface area contributed by atoms with E-state index in [1.165, 1.54) is 12.0 Å². The molecule has 0 aromatic carbocycles. The Balaban J connectivity index is 1.80. The first-order valence-corrected chi connectivity index (χ1v) is 6.22. The molecule has 1 saturated carbocycles. The van der Waals surface area contributed by atoms with E-state index in [4.69, 9.17) is 17.3 Å². The summed E-state index contributed by atoms with van der Waals surface area (Å²) in [6.07, 6.45) is 3.44. The molecule has 1 aromatic heterocycles. The molecule has 0 saturated heterocycles. The molecule has 0 aliphatic heterocycles. The molecule has 1 aliphatic rings. The minimum atomic E-state index is 0.394. The molecule has 0 bridgehead atoms. The van der Waals surface area contributed by atoms with E-state index in [0.29, 0.717) is 12.1 Å². The number of nitrogens with two attached hydrogens (primary N) is 1. The van der Waals surface area contributed by atoms with Gasteiger partial charge >= 0.3 is 0 Å². The highest BCUT2D eigenvalue weighted by molar-refractivity contribution is 7.14. The maximum Gasteiger partial charge on any atom is 0.0973 e. The number of hydrogen-bond acceptors (Lipinski definition) is 3. The van der Waals surface area contributed by atoms with Gasteiger partial charge in [0.15, 0.2) is 0 Å². The van der Waals surface area contributed by atoms with E-state index in [0.717, 1.165) is 23.7 Å². The van der Waals surface area contributed by atoms with Crippen molar-refractivity contribution in [2.75, 3.05) is 0 Å². The van der Waals surface area contributed by atoms with Crippen LogP contribution in [-0.2, 0) is 6.54 Å². The van der Waals surface area contributed by atoms with Gasteiger partial charge in [-0.05, 0) is 36.3 Å². The highest BCUT2D eigenvalue weighted by Gasteiger charge is 2.21. The third kappa shape index (κ3) is 2.48. The van der Waals surface area contributed by atoms with Gasteiger partial charge in [0, 0.05) is 18.6 Å². The third-order valence-corrected chi connectivity index (χ3v) is 4.00. The van der Waals surface area contributed by atoms with Crippen molar-refractivity contribution < 1.29 is 0 Å². The van der Waals surface area contributed by atoms with E-state index in [2.05, 4.69) is 11.4 Å². The quantitative estimate of drug-likeness (QED) is 0.837. The lowest BCUT2D eigenvalue weighted by Gasteiger charge is -2.11. The standard InChI is InChI=1S/C10H15ClN2S/c11-10-7(3-4-14-10)6-13-9-2-1-8(12)5-9/h3-4,8-9,13H,1-2,5-6,12H2. The van der Waals surface area contributed by atoms with Crippen LogP contribution in [-0.4, -0.2) is 12.1 Å². The number of thiophene rings is 1. The number of hydrogen-bond donors (Lipinski definition) is 2. The molecular weight excluding hydrogens is 216 g/mol. The van der Waals surface area contributed by atoms with Crippen molar-refractivity contribution >= 4 is 22.9 Å². The maximum absolute atomic E-state index is 6.01. The van der Waals surface area contributed by atoms with Crippen LogP contribution in [0.25, 0.3) is 0 Å². The van der Waals surface area contributed by atoms with Crippen LogP contribution in [0.15, 0.2) is 11.4 Å². The molecule has 14 heavy (non-hydrogen) atoms. The zero-order chi connectivity index (χ0) is 9.97. The SMILES string of the molecule is NC1CCC(NCc2ccsc2Cl)C1. The summed E-state index contributed by atoms with van der Waals surface area (Å²) in [6, 6.07) is 3.06. The second-order valence-corrected chi connectivity index (χ2v) is 5.39. The van der Waals surface area contributed by atoms with Gasteiger partial charge in [0.05, 0.1) is 4.34 Å². The monoisotopic (exact) mass is 230 g/mol. The largest absolute Gasteiger partial charge is 0.328 e. The molecule has 78 valence electrons. The van der Waals surface area contributed by atoms with Crippen LogP contribution in [0.1, 0.15) is 24.8 Å². The van der Waals surface area contributed by atoms with E-state index in [-0.39, 0.29) is 0 Å².